The van der Waals surface area contributed by atoms with Crippen molar-refractivity contribution >= 4 is 33.9 Å². The lowest BCUT2D eigenvalue weighted by Crippen LogP contribution is -2.46. The Bertz CT molecular complexity index is 1500. The van der Waals surface area contributed by atoms with Crippen molar-refractivity contribution in [3.8, 4) is 23.0 Å². The summed E-state index contributed by atoms with van der Waals surface area (Å²) >= 11 is 0. The van der Waals surface area contributed by atoms with Crippen LogP contribution in [0.3, 0.4) is 0 Å². The summed E-state index contributed by atoms with van der Waals surface area (Å²) in [6.45, 7) is 1.44. The molecule has 0 radical (unpaired) electrons. The third-order valence-corrected chi connectivity index (χ3v) is 6.59. The van der Waals surface area contributed by atoms with Crippen molar-refractivity contribution in [2.45, 2.75) is 25.2 Å². The van der Waals surface area contributed by atoms with Gasteiger partial charge in [-0.3, -0.25) is 9.59 Å². The lowest BCUT2D eigenvalue weighted by molar-refractivity contribution is -0.153. The van der Waals surface area contributed by atoms with Crippen molar-refractivity contribution in [3.05, 3.63) is 45.1 Å². The topological polar surface area (TPSA) is 153 Å². The molecule has 0 bridgehead atoms. The van der Waals surface area contributed by atoms with Crippen molar-refractivity contribution in [1.29, 1.82) is 0 Å². The fraction of sp³-hybridized carbons (Fsp3) is 0.292. The van der Waals surface area contributed by atoms with Crippen LogP contribution in [0.5, 0.6) is 23.0 Å². The quantitative estimate of drug-likeness (QED) is 0.297. The van der Waals surface area contributed by atoms with Crippen LogP contribution in [-0.4, -0.2) is 47.6 Å². The second-order valence-electron chi connectivity index (χ2n) is 8.12. The van der Waals surface area contributed by atoms with Gasteiger partial charge in [0.25, 0.3) is 0 Å². The third-order valence-electron chi connectivity index (χ3n) is 6.59. The first-order valence-corrected chi connectivity index (χ1v) is 10.5. The van der Waals surface area contributed by atoms with Gasteiger partial charge in [-0.15, -0.1) is 0 Å². The van der Waals surface area contributed by atoms with Crippen molar-refractivity contribution < 1.29 is 43.5 Å². The molecule has 3 N–H and O–H groups in total. The molecule has 0 saturated carbocycles. The molecule has 1 aromatic heterocycles. The minimum atomic E-state index is -1.63. The number of rotatable bonds is 3. The molecule has 0 amide bonds. The zero-order valence-electron chi connectivity index (χ0n) is 18.3. The van der Waals surface area contributed by atoms with Crippen LogP contribution in [0.1, 0.15) is 25.3 Å². The summed E-state index contributed by atoms with van der Waals surface area (Å²) in [5, 5.41) is 31.9. The van der Waals surface area contributed by atoms with Gasteiger partial charge in [0.2, 0.25) is 5.43 Å². The van der Waals surface area contributed by atoms with Gasteiger partial charge in [0.05, 0.1) is 19.3 Å². The number of benzene rings is 2. The van der Waals surface area contributed by atoms with Crippen LogP contribution >= 0.6 is 0 Å². The van der Waals surface area contributed by atoms with E-state index in [9.17, 15) is 29.7 Å². The molecule has 2 aliphatic rings. The first-order valence-electron chi connectivity index (χ1n) is 10.5. The normalized spacial score (nSPS) is 20.3. The lowest BCUT2D eigenvalue weighted by atomic mass is 9.67. The van der Waals surface area contributed by atoms with Gasteiger partial charge in [-0.05, 0) is 18.1 Å². The minimum Gasteiger partial charge on any atom is -0.507 e. The van der Waals surface area contributed by atoms with Gasteiger partial charge in [-0.2, -0.15) is 0 Å². The van der Waals surface area contributed by atoms with Gasteiger partial charge in [0.1, 0.15) is 45.6 Å². The van der Waals surface area contributed by atoms with Gasteiger partial charge in [0, 0.05) is 24.1 Å². The van der Waals surface area contributed by atoms with Crippen molar-refractivity contribution in [3.63, 3.8) is 0 Å². The Morgan fingerprint density at radius 2 is 1.79 bits per heavy atom. The molecule has 2 aromatic carbocycles. The van der Waals surface area contributed by atoms with E-state index in [2.05, 4.69) is 0 Å². The van der Waals surface area contributed by atoms with Gasteiger partial charge in [0.15, 0.2) is 11.3 Å². The Hall–Kier alpha value is -4.21. The smallest absolute Gasteiger partial charge is 0.337 e. The zero-order valence-corrected chi connectivity index (χ0v) is 18.3. The number of carbonyl (C=O) groups is 2. The number of ether oxygens (including phenoxy) is 3. The fourth-order valence-electron chi connectivity index (χ4n) is 4.95. The molecule has 0 aliphatic carbocycles. The minimum absolute atomic E-state index is 0.0372. The number of aromatic hydroxyl groups is 3. The number of methoxy groups -OCH3 is 1. The second kappa shape index (κ2) is 7.41. The van der Waals surface area contributed by atoms with E-state index in [4.69, 9.17) is 18.6 Å². The average molecular weight is 468 g/mol. The Morgan fingerprint density at radius 3 is 2.50 bits per heavy atom. The maximum atomic E-state index is 13.4. The van der Waals surface area contributed by atoms with E-state index in [1.165, 1.54) is 19.2 Å². The molecule has 5 rings (SSSR count). The SMILES string of the molecule is CC[C@]1(c2cc(O)c3oc4cc(OC)cc(O)c4c(=O)c3c2O)C(=O)OCC2=C1CCOC2=O. The highest BCUT2D eigenvalue weighted by Crippen LogP contribution is 2.50. The van der Waals surface area contributed by atoms with E-state index < -0.39 is 45.4 Å². The molecular weight excluding hydrogens is 448 g/mol. The highest BCUT2D eigenvalue weighted by molar-refractivity contribution is 6.03. The van der Waals surface area contributed by atoms with E-state index in [1.807, 2.05) is 0 Å². The molecule has 0 unspecified atom stereocenters. The summed E-state index contributed by atoms with van der Waals surface area (Å²) in [5.74, 6) is -2.72. The highest BCUT2D eigenvalue weighted by Gasteiger charge is 2.52. The second-order valence-corrected chi connectivity index (χ2v) is 8.12. The summed E-state index contributed by atoms with van der Waals surface area (Å²) in [4.78, 5) is 38.9. The molecule has 10 heteroatoms. The largest absolute Gasteiger partial charge is 0.507 e. The third kappa shape index (κ3) is 2.71. The van der Waals surface area contributed by atoms with E-state index in [1.54, 1.807) is 6.92 Å². The number of carbonyl (C=O) groups excluding carboxylic acids is 2. The number of fused-ring (bicyclic) bond motifs is 2. The van der Waals surface area contributed by atoms with Crippen LogP contribution in [0, 0.1) is 0 Å². The number of phenols is 3. The van der Waals surface area contributed by atoms with E-state index in [0.717, 1.165) is 6.07 Å². The number of hydrogen-bond donors (Lipinski definition) is 3. The summed E-state index contributed by atoms with van der Waals surface area (Å²) in [7, 11) is 1.37. The van der Waals surface area contributed by atoms with E-state index in [-0.39, 0.29) is 59.5 Å². The standard InChI is InChI=1S/C24H20O10/c1-3-24(12-4-5-32-22(29)11(12)9-33-23(24)30)13-8-15(26)21-18(19(13)27)20(28)17-14(25)6-10(31-2)7-16(17)34-21/h6-8,25-27H,3-5,9H2,1-2H3/t24-/m0/s1. The summed E-state index contributed by atoms with van der Waals surface area (Å²) in [5.41, 5.74) is -2.38. The molecule has 10 nitrogen and oxygen atoms in total. The fourth-order valence-corrected chi connectivity index (χ4v) is 4.95. The van der Waals surface area contributed by atoms with Crippen LogP contribution in [0.25, 0.3) is 21.9 Å². The maximum absolute atomic E-state index is 13.4. The van der Waals surface area contributed by atoms with E-state index >= 15 is 0 Å². The molecule has 2 aliphatic heterocycles. The molecular formula is C24H20O10. The molecule has 34 heavy (non-hydrogen) atoms. The monoisotopic (exact) mass is 468 g/mol. The van der Waals surface area contributed by atoms with Gasteiger partial charge in [-0.25, -0.2) is 4.79 Å². The van der Waals surface area contributed by atoms with E-state index in [0.29, 0.717) is 5.57 Å². The Kier molecular flexibility index (Phi) is 4.71. The molecule has 176 valence electrons. The van der Waals surface area contributed by atoms with Crippen molar-refractivity contribution in [2.24, 2.45) is 0 Å². The van der Waals surface area contributed by atoms with Crippen LogP contribution in [0.15, 0.2) is 38.6 Å². The molecule has 3 aromatic rings. The Morgan fingerprint density at radius 1 is 1.03 bits per heavy atom. The van der Waals surface area contributed by atoms with Crippen LogP contribution in [-0.2, 0) is 24.5 Å². The molecule has 0 spiro atoms. The molecule has 0 saturated heterocycles. The first-order chi connectivity index (χ1) is 16.2. The molecule has 3 heterocycles. The van der Waals surface area contributed by atoms with Crippen LogP contribution in [0.2, 0.25) is 0 Å². The van der Waals surface area contributed by atoms with Crippen LogP contribution in [0.4, 0.5) is 0 Å². The predicted molar refractivity (Wildman–Crippen MR) is 117 cm³/mol. The number of cyclic esters (lactones) is 2. The number of hydrogen-bond acceptors (Lipinski definition) is 10. The lowest BCUT2D eigenvalue weighted by Gasteiger charge is -2.40. The van der Waals surface area contributed by atoms with Crippen molar-refractivity contribution in [1.82, 2.24) is 0 Å². The maximum Gasteiger partial charge on any atom is 0.337 e. The van der Waals surface area contributed by atoms with Gasteiger partial charge < -0.3 is 33.9 Å². The number of phenolic OH excluding ortho intramolecular Hbond substituents is 3. The Labute approximate surface area is 191 Å². The average Bonchev–Trinajstić information content (AvgIpc) is 2.81. The van der Waals surface area contributed by atoms with Crippen LogP contribution < -0.4 is 10.2 Å². The molecule has 0 fully saturated rings. The number of esters is 2. The summed E-state index contributed by atoms with van der Waals surface area (Å²) in [6.07, 6.45) is 0.285. The molecule has 1 atom stereocenters. The Balaban J connectivity index is 1.90. The van der Waals surface area contributed by atoms with Gasteiger partial charge in [-0.1, -0.05) is 6.92 Å². The van der Waals surface area contributed by atoms with Gasteiger partial charge >= 0.3 is 11.9 Å². The zero-order chi connectivity index (χ0) is 24.4. The summed E-state index contributed by atoms with van der Waals surface area (Å²) < 4.78 is 21.1. The highest BCUT2D eigenvalue weighted by atomic mass is 16.6. The summed E-state index contributed by atoms with van der Waals surface area (Å²) in [6, 6.07) is 3.70. The first kappa shape index (κ1) is 21.6. The predicted octanol–water partition coefficient (Wildman–Crippen LogP) is 2.52. The van der Waals surface area contributed by atoms with Crippen molar-refractivity contribution in [2.75, 3.05) is 20.3 Å².